The molecule has 0 unspecified atom stereocenters. The molecule has 0 aliphatic rings. The second kappa shape index (κ2) is 2.95. The normalized spacial score (nSPS) is 10.3. The van der Waals surface area contributed by atoms with Crippen molar-refractivity contribution in [2.75, 3.05) is 5.43 Å². The predicted molar refractivity (Wildman–Crippen MR) is 47.3 cm³/mol. The van der Waals surface area contributed by atoms with Gasteiger partial charge in [0.2, 0.25) is 0 Å². The molecule has 0 aliphatic heterocycles. The van der Waals surface area contributed by atoms with Crippen molar-refractivity contribution < 1.29 is 4.39 Å². The smallest absolute Gasteiger partial charge is 0.151 e. The molecule has 0 bridgehead atoms. The SMILES string of the molecule is NNc1ncnc2ccc(F)cc12. The Morgan fingerprint density at radius 2 is 2.15 bits per heavy atom. The second-order valence-electron chi connectivity index (χ2n) is 2.53. The fraction of sp³-hybridized carbons (Fsp3) is 0. The van der Waals surface area contributed by atoms with E-state index >= 15 is 0 Å². The molecule has 0 fully saturated rings. The number of hydrogen-bond acceptors (Lipinski definition) is 4. The second-order valence-corrected chi connectivity index (χ2v) is 2.53. The fourth-order valence-corrected chi connectivity index (χ4v) is 1.14. The molecular formula is C8H7FN4. The van der Waals surface area contributed by atoms with E-state index in [-0.39, 0.29) is 5.82 Å². The first-order valence-electron chi connectivity index (χ1n) is 3.68. The summed E-state index contributed by atoms with van der Waals surface area (Å²) in [4.78, 5) is 7.81. The molecule has 0 radical (unpaired) electrons. The van der Waals surface area contributed by atoms with Gasteiger partial charge in [-0.1, -0.05) is 0 Å². The van der Waals surface area contributed by atoms with E-state index < -0.39 is 0 Å². The molecule has 13 heavy (non-hydrogen) atoms. The van der Waals surface area contributed by atoms with E-state index in [1.54, 1.807) is 6.07 Å². The lowest BCUT2D eigenvalue weighted by Crippen LogP contribution is -2.09. The van der Waals surface area contributed by atoms with Crippen LogP contribution in [-0.2, 0) is 0 Å². The van der Waals surface area contributed by atoms with Gasteiger partial charge in [0.05, 0.1) is 5.52 Å². The molecule has 3 N–H and O–H groups in total. The molecule has 0 saturated heterocycles. The summed E-state index contributed by atoms with van der Waals surface area (Å²) in [6.07, 6.45) is 1.37. The minimum Gasteiger partial charge on any atom is -0.308 e. The summed E-state index contributed by atoms with van der Waals surface area (Å²) >= 11 is 0. The maximum atomic E-state index is 12.8. The van der Waals surface area contributed by atoms with Gasteiger partial charge in [0.25, 0.3) is 0 Å². The summed E-state index contributed by atoms with van der Waals surface area (Å²) in [5, 5.41) is 0.574. The van der Waals surface area contributed by atoms with Crippen molar-refractivity contribution in [1.82, 2.24) is 9.97 Å². The third-order valence-corrected chi connectivity index (χ3v) is 1.73. The third-order valence-electron chi connectivity index (χ3n) is 1.73. The zero-order chi connectivity index (χ0) is 9.26. The van der Waals surface area contributed by atoms with Crippen LogP contribution in [-0.4, -0.2) is 9.97 Å². The number of nitrogens with two attached hydrogens (primary N) is 1. The molecule has 0 atom stereocenters. The zero-order valence-corrected chi connectivity index (χ0v) is 6.66. The highest BCUT2D eigenvalue weighted by molar-refractivity contribution is 5.88. The maximum Gasteiger partial charge on any atom is 0.151 e. The van der Waals surface area contributed by atoms with Crippen molar-refractivity contribution in [2.45, 2.75) is 0 Å². The number of aromatic nitrogens is 2. The summed E-state index contributed by atoms with van der Waals surface area (Å²) < 4.78 is 12.8. The Labute approximate surface area is 73.6 Å². The lowest BCUT2D eigenvalue weighted by atomic mass is 10.2. The molecule has 1 aromatic heterocycles. The Balaban J connectivity index is 2.79. The molecule has 0 spiro atoms. The fourth-order valence-electron chi connectivity index (χ4n) is 1.14. The first-order chi connectivity index (χ1) is 6.31. The average Bonchev–Trinajstić information content (AvgIpc) is 2.17. The minimum atomic E-state index is -0.334. The van der Waals surface area contributed by atoms with Crippen molar-refractivity contribution in [3.63, 3.8) is 0 Å². The molecule has 0 saturated carbocycles. The van der Waals surface area contributed by atoms with Gasteiger partial charge in [-0.3, -0.25) is 0 Å². The predicted octanol–water partition coefficient (Wildman–Crippen LogP) is 1.05. The van der Waals surface area contributed by atoms with Crippen LogP contribution in [0.5, 0.6) is 0 Å². The number of nitrogens with one attached hydrogen (secondary N) is 1. The number of hydrazine groups is 1. The Morgan fingerprint density at radius 1 is 1.31 bits per heavy atom. The lowest BCUT2D eigenvalue weighted by molar-refractivity contribution is 0.629. The Hall–Kier alpha value is -1.75. The molecule has 5 heteroatoms. The van der Waals surface area contributed by atoms with Crippen LogP contribution in [0.3, 0.4) is 0 Å². The third kappa shape index (κ3) is 1.29. The van der Waals surface area contributed by atoms with E-state index in [1.165, 1.54) is 18.5 Å². The Kier molecular flexibility index (Phi) is 1.79. The van der Waals surface area contributed by atoms with Crippen LogP contribution in [0.4, 0.5) is 10.2 Å². The van der Waals surface area contributed by atoms with E-state index in [2.05, 4.69) is 15.4 Å². The van der Waals surface area contributed by atoms with Gasteiger partial charge in [-0.25, -0.2) is 20.2 Å². The van der Waals surface area contributed by atoms with Gasteiger partial charge in [0.1, 0.15) is 12.1 Å². The van der Waals surface area contributed by atoms with Gasteiger partial charge < -0.3 is 5.43 Å². The summed E-state index contributed by atoms with van der Waals surface area (Å²) in [5.41, 5.74) is 3.04. The van der Waals surface area contributed by atoms with Crippen molar-refractivity contribution in [3.05, 3.63) is 30.3 Å². The first kappa shape index (κ1) is 7.88. The van der Waals surface area contributed by atoms with Gasteiger partial charge in [-0.15, -0.1) is 0 Å². The number of anilines is 1. The molecule has 4 nitrogen and oxygen atoms in total. The van der Waals surface area contributed by atoms with Crippen LogP contribution in [0.25, 0.3) is 10.9 Å². The summed E-state index contributed by atoms with van der Waals surface area (Å²) in [6.45, 7) is 0. The largest absolute Gasteiger partial charge is 0.308 e. The van der Waals surface area contributed by atoms with Gasteiger partial charge >= 0.3 is 0 Å². The molecule has 0 amide bonds. The van der Waals surface area contributed by atoms with E-state index in [0.717, 1.165) is 0 Å². The van der Waals surface area contributed by atoms with Crippen LogP contribution in [0.15, 0.2) is 24.5 Å². The van der Waals surface area contributed by atoms with E-state index in [9.17, 15) is 4.39 Å². The van der Waals surface area contributed by atoms with Crippen molar-refractivity contribution in [3.8, 4) is 0 Å². The number of nitrogens with zero attached hydrogens (tertiary/aromatic N) is 2. The first-order valence-corrected chi connectivity index (χ1v) is 3.68. The topological polar surface area (TPSA) is 63.8 Å². The molecule has 66 valence electrons. The standard InChI is InChI=1S/C8H7FN4/c9-5-1-2-7-6(3-5)8(13-10)12-4-11-7/h1-4H,10H2,(H,11,12,13). The van der Waals surface area contributed by atoms with Crippen molar-refractivity contribution in [2.24, 2.45) is 5.84 Å². The van der Waals surface area contributed by atoms with Gasteiger partial charge in [0, 0.05) is 5.39 Å². The van der Waals surface area contributed by atoms with Crippen LogP contribution >= 0.6 is 0 Å². The average molecular weight is 178 g/mol. The molecular weight excluding hydrogens is 171 g/mol. The van der Waals surface area contributed by atoms with Crippen LogP contribution in [0.1, 0.15) is 0 Å². The molecule has 1 heterocycles. The number of halogens is 1. The van der Waals surface area contributed by atoms with E-state index in [0.29, 0.717) is 16.7 Å². The summed E-state index contributed by atoms with van der Waals surface area (Å²) in [7, 11) is 0. The molecule has 2 rings (SSSR count). The van der Waals surface area contributed by atoms with Gasteiger partial charge in [-0.05, 0) is 18.2 Å². The number of rotatable bonds is 1. The van der Waals surface area contributed by atoms with Gasteiger partial charge in [0.15, 0.2) is 5.82 Å². The number of fused-ring (bicyclic) bond motifs is 1. The molecule has 0 aliphatic carbocycles. The van der Waals surface area contributed by atoms with E-state index in [4.69, 9.17) is 5.84 Å². The quantitative estimate of drug-likeness (QED) is 0.506. The molecule has 2 aromatic rings. The van der Waals surface area contributed by atoms with Crippen LogP contribution in [0, 0.1) is 5.82 Å². The number of benzene rings is 1. The monoisotopic (exact) mass is 178 g/mol. The van der Waals surface area contributed by atoms with Crippen LogP contribution < -0.4 is 11.3 Å². The highest BCUT2D eigenvalue weighted by Gasteiger charge is 2.02. The van der Waals surface area contributed by atoms with Gasteiger partial charge in [-0.2, -0.15) is 0 Å². The Bertz CT molecular complexity index is 443. The highest BCUT2D eigenvalue weighted by Crippen LogP contribution is 2.18. The van der Waals surface area contributed by atoms with Crippen LogP contribution in [0.2, 0.25) is 0 Å². The highest BCUT2D eigenvalue weighted by atomic mass is 19.1. The summed E-state index contributed by atoms with van der Waals surface area (Å²) in [5.74, 6) is 5.29. The number of hydrogen-bond donors (Lipinski definition) is 2. The molecule has 1 aromatic carbocycles. The van der Waals surface area contributed by atoms with Crippen molar-refractivity contribution in [1.29, 1.82) is 0 Å². The zero-order valence-electron chi connectivity index (χ0n) is 6.66. The lowest BCUT2D eigenvalue weighted by Gasteiger charge is -2.02. The van der Waals surface area contributed by atoms with E-state index in [1.807, 2.05) is 0 Å². The van der Waals surface area contributed by atoms with Crippen molar-refractivity contribution >= 4 is 16.7 Å². The number of nitrogen functional groups attached to an aromatic ring is 1. The minimum absolute atomic E-state index is 0.334. The summed E-state index contributed by atoms with van der Waals surface area (Å²) in [6, 6.07) is 4.26. The maximum absolute atomic E-state index is 12.8. The Morgan fingerprint density at radius 3 is 2.92 bits per heavy atom.